The predicted molar refractivity (Wildman–Crippen MR) is 44.3 cm³/mol. The molecule has 0 aliphatic heterocycles. The van der Waals surface area contributed by atoms with E-state index in [-0.39, 0.29) is 5.12 Å². The van der Waals surface area contributed by atoms with Crippen molar-refractivity contribution >= 4 is 17.7 Å². The summed E-state index contributed by atoms with van der Waals surface area (Å²) in [6.45, 7) is 0. The van der Waals surface area contributed by atoms with Crippen LogP contribution in [0.15, 0.2) is 12.5 Å². The molecule has 1 aromatic heterocycles. The quantitative estimate of drug-likeness (QED) is 0.548. The lowest BCUT2D eigenvalue weighted by Crippen LogP contribution is -2.29. The van der Waals surface area contributed by atoms with E-state index >= 15 is 0 Å². The molecule has 3 N–H and O–H groups in total. The van der Waals surface area contributed by atoms with Crippen molar-refractivity contribution < 1.29 is 4.79 Å². The highest BCUT2D eigenvalue weighted by molar-refractivity contribution is 7.96. The maximum Gasteiger partial charge on any atom is 0.203 e. The van der Waals surface area contributed by atoms with Gasteiger partial charge in [-0.2, -0.15) is 0 Å². The van der Waals surface area contributed by atoms with E-state index < -0.39 is 6.04 Å². The van der Waals surface area contributed by atoms with Crippen molar-refractivity contribution in [1.82, 2.24) is 9.97 Å². The Balaban J connectivity index is 2.50. The summed E-state index contributed by atoms with van der Waals surface area (Å²) in [5.74, 6) is 0. The van der Waals surface area contributed by atoms with Gasteiger partial charge in [0.05, 0.1) is 12.4 Å². The fraction of sp³-hybridized carbons (Fsp3) is 0.333. The van der Waals surface area contributed by atoms with E-state index in [2.05, 4.69) is 22.6 Å². The van der Waals surface area contributed by atoms with Crippen molar-refractivity contribution in [1.29, 1.82) is 0 Å². The van der Waals surface area contributed by atoms with E-state index in [1.54, 1.807) is 12.5 Å². The Morgan fingerprint density at radius 1 is 1.91 bits per heavy atom. The molecule has 0 saturated heterocycles. The lowest BCUT2D eigenvalue weighted by molar-refractivity contribution is -0.111. The molecule has 0 spiro atoms. The number of H-pyrrole nitrogens is 1. The third-order valence-electron chi connectivity index (χ3n) is 1.31. The maximum absolute atomic E-state index is 10.6. The van der Waals surface area contributed by atoms with Gasteiger partial charge in [0.15, 0.2) is 0 Å². The van der Waals surface area contributed by atoms with Gasteiger partial charge in [-0.15, -0.1) is 12.6 Å². The molecule has 0 saturated carbocycles. The molecule has 0 amide bonds. The minimum absolute atomic E-state index is 0.306. The number of hydrogen-bond acceptors (Lipinski definition) is 3. The van der Waals surface area contributed by atoms with Crippen LogP contribution in [0.2, 0.25) is 0 Å². The van der Waals surface area contributed by atoms with Crippen molar-refractivity contribution in [2.45, 2.75) is 12.5 Å². The third-order valence-corrected chi connectivity index (χ3v) is 1.64. The number of thiol groups is 1. The SMILES string of the molecule is N[C@@H](Cc1cnc[nH]1)C(=O)S. The predicted octanol–water partition coefficient (Wildman–Crippen LogP) is -0.264. The molecule has 4 nitrogen and oxygen atoms in total. The van der Waals surface area contributed by atoms with E-state index in [4.69, 9.17) is 5.73 Å². The molecular formula is C6H9N3OS. The van der Waals surface area contributed by atoms with E-state index in [1.165, 1.54) is 0 Å². The molecule has 11 heavy (non-hydrogen) atoms. The van der Waals surface area contributed by atoms with Crippen molar-refractivity contribution in [3.05, 3.63) is 18.2 Å². The number of nitrogens with two attached hydrogens (primary N) is 1. The molecule has 0 aromatic carbocycles. The summed E-state index contributed by atoms with van der Waals surface area (Å²) in [6.07, 6.45) is 3.64. The fourth-order valence-electron chi connectivity index (χ4n) is 0.721. The summed E-state index contributed by atoms with van der Waals surface area (Å²) in [6, 6.07) is -0.543. The van der Waals surface area contributed by atoms with Gasteiger partial charge in [0, 0.05) is 18.3 Å². The molecule has 5 heteroatoms. The van der Waals surface area contributed by atoms with Crippen molar-refractivity contribution in [2.75, 3.05) is 0 Å². The number of carbonyl (C=O) groups excluding carboxylic acids is 1. The van der Waals surface area contributed by atoms with Crippen molar-refractivity contribution in [3.63, 3.8) is 0 Å². The first-order valence-corrected chi connectivity index (χ1v) is 3.60. The average Bonchev–Trinajstić information content (AvgIpc) is 2.39. The number of imidazole rings is 1. The Morgan fingerprint density at radius 2 is 2.64 bits per heavy atom. The van der Waals surface area contributed by atoms with Crippen molar-refractivity contribution in [2.24, 2.45) is 5.73 Å². The highest BCUT2D eigenvalue weighted by Crippen LogP contribution is 1.98. The van der Waals surface area contributed by atoms with E-state index in [1.807, 2.05) is 0 Å². The number of rotatable bonds is 3. The van der Waals surface area contributed by atoms with Crippen LogP contribution in [-0.4, -0.2) is 21.1 Å². The van der Waals surface area contributed by atoms with Gasteiger partial charge in [0.1, 0.15) is 0 Å². The van der Waals surface area contributed by atoms with Crippen LogP contribution in [0.25, 0.3) is 0 Å². The van der Waals surface area contributed by atoms with Gasteiger partial charge >= 0.3 is 0 Å². The molecule has 0 aliphatic carbocycles. The standard InChI is InChI=1S/C6H9N3OS/c7-5(6(10)11)1-4-2-8-3-9-4/h2-3,5H,1,7H2,(H,8,9)(H,10,11)/t5-/m0/s1. The Kier molecular flexibility index (Phi) is 2.67. The first kappa shape index (κ1) is 8.29. The molecule has 0 unspecified atom stereocenters. The normalized spacial score (nSPS) is 12.9. The second-order valence-corrected chi connectivity index (χ2v) is 2.67. The zero-order valence-electron chi connectivity index (χ0n) is 5.82. The van der Waals surface area contributed by atoms with E-state index in [9.17, 15) is 4.79 Å². The molecule has 1 rings (SSSR count). The van der Waals surface area contributed by atoms with Crippen LogP contribution in [-0.2, 0) is 11.2 Å². The summed E-state index contributed by atoms with van der Waals surface area (Å²) in [4.78, 5) is 17.2. The molecule has 0 bridgehead atoms. The zero-order chi connectivity index (χ0) is 8.27. The van der Waals surface area contributed by atoms with E-state index in [0.29, 0.717) is 6.42 Å². The van der Waals surface area contributed by atoms with Gasteiger partial charge < -0.3 is 10.7 Å². The molecule has 1 aromatic rings. The molecule has 0 aliphatic rings. The number of carbonyl (C=O) groups is 1. The lowest BCUT2D eigenvalue weighted by atomic mass is 10.2. The maximum atomic E-state index is 10.6. The molecule has 60 valence electrons. The van der Waals surface area contributed by atoms with Gasteiger partial charge in [0.2, 0.25) is 5.12 Å². The van der Waals surface area contributed by atoms with Crippen molar-refractivity contribution in [3.8, 4) is 0 Å². The largest absolute Gasteiger partial charge is 0.348 e. The highest BCUT2D eigenvalue weighted by atomic mass is 32.1. The molecular weight excluding hydrogens is 162 g/mol. The number of aromatic nitrogens is 2. The number of nitrogens with one attached hydrogen (secondary N) is 1. The summed E-state index contributed by atoms with van der Waals surface area (Å²) in [5, 5.41) is -0.306. The molecule has 1 atom stereocenters. The zero-order valence-corrected chi connectivity index (χ0v) is 6.71. The van der Waals surface area contributed by atoms with Gasteiger partial charge in [-0.3, -0.25) is 4.79 Å². The lowest BCUT2D eigenvalue weighted by Gasteiger charge is -2.02. The van der Waals surface area contributed by atoms with Crippen LogP contribution >= 0.6 is 12.6 Å². The number of hydrogen-bond donors (Lipinski definition) is 3. The number of nitrogens with zero attached hydrogens (tertiary/aromatic N) is 1. The first-order chi connectivity index (χ1) is 5.20. The minimum atomic E-state index is -0.543. The first-order valence-electron chi connectivity index (χ1n) is 3.16. The second kappa shape index (κ2) is 3.54. The van der Waals surface area contributed by atoms with Crippen LogP contribution < -0.4 is 5.73 Å². The molecule has 0 fully saturated rings. The monoisotopic (exact) mass is 171 g/mol. The Labute approximate surface area is 69.6 Å². The topological polar surface area (TPSA) is 71.8 Å². The second-order valence-electron chi connectivity index (χ2n) is 2.23. The summed E-state index contributed by atoms with van der Waals surface area (Å²) >= 11 is 3.61. The minimum Gasteiger partial charge on any atom is -0.348 e. The van der Waals surface area contributed by atoms with Crippen LogP contribution in [0.4, 0.5) is 0 Å². The van der Waals surface area contributed by atoms with Crippen LogP contribution in [0.5, 0.6) is 0 Å². The van der Waals surface area contributed by atoms with E-state index in [0.717, 1.165) is 5.69 Å². The summed E-state index contributed by atoms with van der Waals surface area (Å²) in [5.41, 5.74) is 6.28. The van der Waals surface area contributed by atoms with Crippen LogP contribution in [0.3, 0.4) is 0 Å². The van der Waals surface area contributed by atoms with Gasteiger partial charge in [0.25, 0.3) is 0 Å². The molecule has 1 heterocycles. The van der Waals surface area contributed by atoms with Crippen LogP contribution in [0.1, 0.15) is 5.69 Å². The fourth-order valence-corrected chi connectivity index (χ4v) is 0.812. The summed E-state index contributed by atoms with van der Waals surface area (Å²) in [7, 11) is 0. The summed E-state index contributed by atoms with van der Waals surface area (Å²) < 4.78 is 0. The van der Waals surface area contributed by atoms with Gasteiger partial charge in [-0.05, 0) is 0 Å². The smallest absolute Gasteiger partial charge is 0.203 e. The van der Waals surface area contributed by atoms with Crippen LogP contribution in [0, 0.1) is 0 Å². The van der Waals surface area contributed by atoms with Gasteiger partial charge in [-0.25, -0.2) is 4.98 Å². The molecule has 0 radical (unpaired) electrons. The Morgan fingerprint density at radius 3 is 3.09 bits per heavy atom. The average molecular weight is 171 g/mol. The Hall–Kier alpha value is -0.810. The van der Waals surface area contributed by atoms with Gasteiger partial charge in [-0.1, -0.05) is 0 Å². The highest BCUT2D eigenvalue weighted by Gasteiger charge is 2.09. The third kappa shape index (κ3) is 2.36. The number of aromatic amines is 1. The Bertz CT molecular complexity index is 234.